The first-order valence-corrected chi connectivity index (χ1v) is 7.07. The van der Waals surface area contributed by atoms with Crippen molar-refractivity contribution in [2.75, 3.05) is 7.05 Å². The van der Waals surface area contributed by atoms with Gasteiger partial charge in [0.2, 0.25) is 0 Å². The van der Waals surface area contributed by atoms with E-state index in [2.05, 4.69) is 21.2 Å². The van der Waals surface area contributed by atoms with Crippen LogP contribution in [0.4, 0.5) is 8.78 Å². The number of thiophene rings is 1. The number of likely N-dealkylation sites (N-methyl/N-ethyl adjacent to an activating group) is 1. The molecule has 1 atom stereocenters. The summed E-state index contributed by atoms with van der Waals surface area (Å²) >= 11 is 5.05. The van der Waals surface area contributed by atoms with Gasteiger partial charge in [0.1, 0.15) is 0 Å². The first-order chi connectivity index (χ1) is 8.60. The topological polar surface area (TPSA) is 12.0 Å². The molecule has 0 radical (unpaired) electrons. The van der Waals surface area contributed by atoms with Crippen LogP contribution >= 0.6 is 27.3 Å². The van der Waals surface area contributed by atoms with Gasteiger partial charge in [0.05, 0.1) is 3.79 Å². The van der Waals surface area contributed by atoms with Crippen molar-refractivity contribution in [1.82, 2.24) is 5.32 Å². The molecule has 0 aliphatic rings. The predicted molar refractivity (Wildman–Crippen MR) is 73.9 cm³/mol. The summed E-state index contributed by atoms with van der Waals surface area (Å²) in [6, 6.07) is 8.02. The fourth-order valence-corrected chi connectivity index (χ4v) is 3.31. The van der Waals surface area contributed by atoms with E-state index in [1.54, 1.807) is 17.4 Å². The molecule has 0 saturated carbocycles. The zero-order valence-corrected chi connectivity index (χ0v) is 12.1. The lowest BCUT2D eigenvalue weighted by Gasteiger charge is -2.16. The Kier molecular flexibility index (Phi) is 4.48. The summed E-state index contributed by atoms with van der Waals surface area (Å²) in [7, 11) is 1.81. The summed E-state index contributed by atoms with van der Waals surface area (Å²) in [5.74, 6) is -1.62. The molecule has 0 fully saturated rings. The maximum absolute atomic E-state index is 13.2. The smallest absolute Gasteiger partial charge is 0.159 e. The molecular weight excluding hydrogens is 320 g/mol. The zero-order chi connectivity index (χ0) is 13.1. The summed E-state index contributed by atoms with van der Waals surface area (Å²) < 4.78 is 27.2. The molecule has 0 saturated heterocycles. The molecule has 1 unspecified atom stereocenters. The highest BCUT2D eigenvalue weighted by Gasteiger charge is 2.13. The summed E-state index contributed by atoms with van der Waals surface area (Å²) in [6.45, 7) is 0. The maximum atomic E-state index is 13.2. The first-order valence-electron chi connectivity index (χ1n) is 5.46. The molecule has 1 nitrogen and oxygen atoms in total. The number of hydrogen-bond acceptors (Lipinski definition) is 2. The van der Waals surface area contributed by atoms with Crippen molar-refractivity contribution in [3.63, 3.8) is 0 Å². The third kappa shape index (κ3) is 3.16. The van der Waals surface area contributed by atoms with Crippen molar-refractivity contribution in [3.8, 4) is 0 Å². The number of hydrogen-bond donors (Lipinski definition) is 1. The molecule has 1 aromatic carbocycles. The van der Waals surface area contributed by atoms with E-state index in [0.29, 0.717) is 0 Å². The Hall–Kier alpha value is -0.780. The fraction of sp³-hybridized carbons (Fsp3) is 0.231. The van der Waals surface area contributed by atoms with Gasteiger partial charge in [-0.3, -0.25) is 0 Å². The summed E-state index contributed by atoms with van der Waals surface area (Å²) in [4.78, 5) is 1.19. The van der Waals surface area contributed by atoms with E-state index in [1.807, 2.05) is 19.2 Å². The molecule has 0 spiro atoms. The zero-order valence-electron chi connectivity index (χ0n) is 9.71. The lowest BCUT2D eigenvalue weighted by atomic mass is 10.0. The van der Waals surface area contributed by atoms with Crippen LogP contribution in [0.2, 0.25) is 0 Å². The SMILES string of the molecule is CNC(Cc1ccc(Br)s1)c1ccc(F)c(F)c1. The Morgan fingerprint density at radius 3 is 2.56 bits per heavy atom. The van der Waals surface area contributed by atoms with Gasteiger partial charge in [-0.05, 0) is 52.8 Å². The second-order valence-corrected chi connectivity index (χ2v) is 6.47. The minimum absolute atomic E-state index is 0.0225. The summed E-state index contributed by atoms with van der Waals surface area (Å²) in [5, 5.41) is 3.13. The number of nitrogens with one attached hydrogen (secondary N) is 1. The molecule has 18 heavy (non-hydrogen) atoms. The molecule has 1 aromatic heterocycles. The van der Waals surface area contributed by atoms with Gasteiger partial charge >= 0.3 is 0 Å². The quantitative estimate of drug-likeness (QED) is 0.881. The van der Waals surface area contributed by atoms with Crippen molar-refractivity contribution < 1.29 is 8.78 Å². The maximum Gasteiger partial charge on any atom is 0.159 e. The van der Waals surface area contributed by atoms with Gasteiger partial charge in [0.15, 0.2) is 11.6 Å². The van der Waals surface area contributed by atoms with E-state index in [9.17, 15) is 8.78 Å². The fourth-order valence-electron chi connectivity index (χ4n) is 1.78. The Morgan fingerprint density at radius 1 is 1.22 bits per heavy atom. The van der Waals surface area contributed by atoms with Crippen LogP contribution in [-0.4, -0.2) is 7.05 Å². The third-order valence-corrected chi connectivity index (χ3v) is 4.37. The lowest BCUT2D eigenvalue weighted by molar-refractivity contribution is 0.501. The standard InChI is InChI=1S/C13H12BrF2NS/c1-17-12(7-9-3-5-13(14)18-9)8-2-4-10(15)11(16)6-8/h2-6,12,17H,7H2,1H3. The van der Waals surface area contributed by atoms with Crippen molar-refractivity contribution in [3.05, 3.63) is 56.2 Å². The van der Waals surface area contributed by atoms with Crippen LogP contribution in [-0.2, 0) is 6.42 Å². The highest BCUT2D eigenvalue weighted by molar-refractivity contribution is 9.11. The van der Waals surface area contributed by atoms with E-state index in [0.717, 1.165) is 15.8 Å². The molecule has 1 N–H and O–H groups in total. The second kappa shape index (κ2) is 5.91. The normalized spacial score (nSPS) is 12.7. The summed E-state index contributed by atoms with van der Waals surface area (Å²) in [5.41, 5.74) is 0.751. The van der Waals surface area contributed by atoms with E-state index in [-0.39, 0.29) is 6.04 Å². The molecule has 0 aliphatic heterocycles. The molecular formula is C13H12BrF2NS. The van der Waals surface area contributed by atoms with Crippen LogP contribution in [0.15, 0.2) is 34.1 Å². The number of halogens is 3. The number of rotatable bonds is 4. The molecule has 96 valence electrons. The minimum Gasteiger partial charge on any atom is -0.313 e. The van der Waals surface area contributed by atoms with Crippen LogP contribution < -0.4 is 5.32 Å². The third-order valence-electron chi connectivity index (χ3n) is 2.73. The van der Waals surface area contributed by atoms with Gasteiger partial charge in [-0.15, -0.1) is 11.3 Å². The Balaban J connectivity index is 2.19. The van der Waals surface area contributed by atoms with Crippen LogP contribution in [0.3, 0.4) is 0 Å². The van der Waals surface area contributed by atoms with Crippen molar-refractivity contribution in [2.24, 2.45) is 0 Å². The Bertz CT molecular complexity index is 542. The van der Waals surface area contributed by atoms with Crippen molar-refractivity contribution in [1.29, 1.82) is 0 Å². The van der Waals surface area contributed by atoms with Gasteiger partial charge < -0.3 is 5.32 Å². The van der Waals surface area contributed by atoms with E-state index in [4.69, 9.17) is 0 Å². The molecule has 2 rings (SSSR count). The second-order valence-electron chi connectivity index (χ2n) is 3.92. The largest absolute Gasteiger partial charge is 0.313 e. The van der Waals surface area contributed by atoms with E-state index < -0.39 is 11.6 Å². The van der Waals surface area contributed by atoms with Crippen LogP contribution in [0.5, 0.6) is 0 Å². The van der Waals surface area contributed by atoms with Crippen LogP contribution in [0.25, 0.3) is 0 Å². The Morgan fingerprint density at radius 2 is 2.00 bits per heavy atom. The molecule has 1 heterocycles. The van der Waals surface area contributed by atoms with Gasteiger partial charge in [-0.1, -0.05) is 6.07 Å². The van der Waals surface area contributed by atoms with Gasteiger partial charge in [0.25, 0.3) is 0 Å². The monoisotopic (exact) mass is 331 g/mol. The van der Waals surface area contributed by atoms with Gasteiger partial charge in [0, 0.05) is 17.3 Å². The molecule has 0 aliphatic carbocycles. The molecule has 2 aromatic rings. The van der Waals surface area contributed by atoms with Gasteiger partial charge in [-0.25, -0.2) is 8.78 Å². The number of benzene rings is 1. The molecule has 0 bridgehead atoms. The van der Waals surface area contributed by atoms with Crippen LogP contribution in [0.1, 0.15) is 16.5 Å². The van der Waals surface area contributed by atoms with Crippen molar-refractivity contribution in [2.45, 2.75) is 12.5 Å². The van der Waals surface area contributed by atoms with Gasteiger partial charge in [-0.2, -0.15) is 0 Å². The van der Waals surface area contributed by atoms with Crippen LogP contribution in [0, 0.1) is 11.6 Å². The average Bonchev–Trinajstić information content (AvgIpc) is 2.75. The highest BCUT2D eigenvalue weighted by atomic mass is 79.9. The molecule has 0 amide bonds. The minimum atomic E-state index is -0.813. The highest BCUT2D eigenvalue weighted by Crippen LogP contribution is 2.27. The molecule has 5 heteroatoms. The Labute approximate surface area is 117 Å². The van der Waals surface area contributed by atoms with E-state index >= 15 is 0 Å². The van der Waals surface area contributed by atoms with E-state index in [1.165, 1.54) is 17.0 Å². The lowest BCUT2D eigenvalue weighted by Crippen LogP contribution is -2.18. The van der Waals surface area contributed by atoms with Crippen molar-refractivity contribution >= 4 is 27.3 Å². The average molecular weight is 332 g/mol. The summed E-state index contributed by atoms with van der Waals surface area (Å²) in [6.07, 6.45) is 0.748. The first kappa shape index (κ1) is 13.6. The predicted octanol–water partition coefficient (Wildman–Crippen LogP) is 4.29.